The Bertz CT molecular complexity index is 276. The lowest BCUT2D eigenvalue weighted by Crippen LogP contribution is -2.40. The molecule has 0 aromatic carbocycles. The van der Waals surface area contributed by atoms with Gasteiger partial charge >= 0.3 is 0 Å². The minimum Gasteiger partial charge on any atom is -0.355 e. The molecule has 0 atom stereocenters. The van der Waals surface area contributed by atoms with Crippen LogP contribution in [0, 0.1) is 5.41 Å². The maximum absolute atomic E-state index is 11.9. The highest BCUT2D eigenvalue weighted by atomic mass is 32.2. The van der Waals surface area contributed by atoms with E-state index < -0.39 is 0 Å². The summed E-state index contributed by atoms with van der Waals surface area (Å²) in [5, 5.41) is 7.07. The van der Waals surface area contributed by atoms with E-state index in [1.54, 1.807) is 0 Å². The lowest BCUT2D eigenvalue weighted by Gasteiger charge is -2.28. The molecular formula is C14H29N3OS. The van der Waals surface area contributed by atoms with Gasteiger partial charge in [-0.05, 0) is 45.4 Å². The molecule has 1 heterocycles. The highest BCUT2D eigenvalue weighted by Crippen LogP contribution is 2.20. The number of thioether (sulfide) groups is 1. The first-order chi connectivity index (χ1) is 8.89. The van der Waals surface area contributed by atoms with Crippen molar-refractivity contribution < 1.29 is 4.79 Å². The van der Waals surface area contributed by atoms with E-state index in [0.29, 0.717) is 11.0 Å². The Morgan fingerprint density at radius 3 is 2.58 bits per heavy atom. The third kappa shape index (κ3) is 7.80. The van der Waals surface area contributed by atoms with E-state index in [4.69, 9.17) is 0 Å². The van der Waals surface area contributed by atoms with Crippen LogP contribution >= 0.6 is 11.8 Å². The van der Waals surface area contributed by atoms with Gasteiger partial charge in [-0.2, -0.15) is 0 Å². The molecule has 0 saturated carbocycles. The molecule has 0 spiro atoms. The molecule has 0 unspecified atom stereocenters. The zero-order chi connectivity index (χ0) is 14.3. The van der Waals surface area contributed by atoms with Crippen molar-refractivity contribution in [3.63, 3.8) is 0 Å². The predicted octanol–water partition coefficient (Wildman–Crippen LogP) is 1.18. The van der Waals surface area contributed by atoms with Crippen molar-refractivity contribution in [2.24, 2.45) is 5.41 Å². The van der Waals surface area contributed by atoms with E-state index in [9.17, 15) is 4.79 Å². The first-order valence-corrected chi connectivity index (χ1v) is 8.18. The molecule has 1 aliphatic rings. The number of hydrogen-bond donors (Lipinski definition) is 2. The summed E-state index contributed by atoms with van der Waals surface area (Å²) >= 11 is 1.81. The summed E-state index contributed by atoms with van der Waals surface area (Å²) in [5.74, 6) is 0.776. The van der Waals surface area contributed by atoms with Crippen LogP contribution in [0.4, 0.5) is 0 Å². The lowest BCUT2D eigenvalue weighted by molar-refractivity contribution is -0.119. The van der Waals surface area contributed by atoms with Crippen molar-refractivity contribution in [1.82, 2.24) is 15.5 Å². The molecule has 4 nitrogen and oxygen atoms in total. The summed E-state index contributed by atoms with van der Waals surface area (Å²) in [5.41, 5.74) is 0.124. The van der Waals surface area contributed by atoms with E-state index in [0.717, 1.165) is 26.2 Å². The summed E-state index contributed by atoms with van der Waals surface area (Å²) in [7, 11) is 4.13. The van der Waals surface area contributed by atoms with Crippen LogP contribution in [0.3, 0.4) is 0 Å². The molecule has 0 bridgehead atoms. The average molecular weight is 287 g/mol. The normalized spacial score (nSPS) is 17.7. The molecule has 1 aliphatic heterocycles. The van der Waals surface area contributed by atoms with E-state index in [-0.39, 0.29) is 11.3 Å². The monoisotopic (exact) mass is 287 g/mol. The summed E-state index contributed by atoms with van der Waals surface area (Å²) in [6.07, 6.45) is 2.37. The molecule has 5 heteroatoms. The highest BCUT2D eigenvalue weighted by molar-refractivity contribution is 8.00. The predicted molar refractivity (Wildman–Crippen MR) is 83.7 cm³/mol. The van der Waals surface area contributed by atoms with Crippen molar-refractivity contribution in [3.8, 4) is 0 Å². The summed E-state index contributed by atoms with van der Waals surface area (Å²) in [4.78, 5) is 14.0. The number of rotatable bonds is 7. The molecule has 112 valence electrons. The number of amides is 1. The minimum absolute atomic E-state index is 0.124. The van der Waals surface area contributed by atoms with Gasteiger partial charge in [-0.1, -0.05) is 13.8 Å². The van der Waals surface area contributed by atoms with Crippen LogP contribution in [0.2, 0.25) is 0 Å². The van der Waals surface area contributed by atoms with Crippen molar-refractivity contribution in [2.45, 2.75) is 31.9 Å². The number of nitrogens with one attached hydrogen (secondary N) is 2. The largest absolute Gasteiger partial charge is 0.355 e. The lowest BCUT2D eigenvalue weighted by atomic mass is 9.93. The van der Waals surface area contributed by atoms with E-state index in [1.165, 1.54) is 12.8 Å². The molecule has 0 aliphatic carbocycles. The van der Waals surface area contributed by atoms with Crippen LogP contribution in [0.15, 0.2) is 0 Å². The fourth-order valence-electron chi connectivity index (χ4n) is 2.46. The highest BCUT2D eigenvalue weighted by Gasteiger charge is 2.20. The zero-order valence-corrected chi connectivity index (χ0v) is 13.6. The molecular weight excluding hydrogens is 258 g/mol. The molecule has 0 radical (unpaired) electrons. The second-order valence-corrected chi connectivity index (χ2v) is 7.73. The molecule has 0 aromatic heterocycles. The van der Waals surface area contributed by atoms with Gasteiger partial charge in [0.25, 0.3) is 0 Å². The van der Waals surface area contributed by atoms with E-state index >= 15 is 0 Å². The van der Waals surface area contributed by atoms with Crippen molar-refractivity contribution in [1.29, 1.82) is 0 Å². The first kappa shape index (κ1) is 16.8. The molecule has 1 saturated heterocycles. The SMILES string of the molecule is CN(C)CC(C)(C)CNC(=O)CSC1CCNCC1. The summed E-state index contributed by atoms with van der Waals surface area (Å²) < 4.78 is 0. The average Bonchev–Trinajstić information content (AvgIpc) is 2.34. The standard InChI is InChI=1S/C14H29N3OS/c1-14(2,11-17(3)4)10-16-13(18)9-19-12-5-7-15-8-6-12/h12,15H,5-11H2,1-4H3,(H,16,18). The van der Waals surface area contributed by atoms with Crippen molar-refractivity contribution in [3.05, 3.63) is 0 Å². The van der Waals surface area contributed by atoms with Crippen LogP contribution in [0.25, 0.3) is 0 Å². The Kier molecular flexibility index (Phi) is 7.18. The minimum atomic E-state index is 0.124. The Hall–Kier alpha value is -0.260. The van der Waals surface area contributed by atoms with Gasteiger partial charge in [0.15, 0.2) is 0 Å². The van der Waals surface area contributed by atoms with Gasteiger partial charge in [-0.15, -0.1) is 11.8 Å². The van der Waals surface area contributed by atoms with Gasteiger partial charge in [0.1, 0.15) is 0 Å². The summed E-state index contributed by atoms with van der Waals surface area (Å²) in [6.45, 7) is 8.29. The fraction of sp³-hybridized carbons (Fsp3) is 0.929. The number of nitrogens with zero attached hydrogens (tertiary/aromatic N) is 1. The maximum Gasteiger partial charge on any atom is 0.230 e. The van der Waals surface area contributed by atoms with Crippen LogP contribution in [0.1, 0.15) is 26.7 Å². The van der Waals surface area contributed by atoms with Gasteiger partial charge < -0.3 is 15.5 Å². The van der Waals surface area contributed by atoms with Gasteiger partial charge in [-0.25, -0.2) is 0 Å². The first-order valence-electron chi connectivity index (χ1n) is 7.13. The fourth-order valence-corrected chi connectivity index (χ4v) is 3.51. The van der Waals surface area contributed by atoms with Crippen molar-refractivity contribution in [2.75, 3.05) is 46.0 Å². The van der Waals surface area contributed by atoms with Crippen LogP contribution in [-0.4, -0.2) is 62.1 Å². The van der Waals surface area contributed by atoms with Gasteiger partial charge in [0.05, 0.1) is 5.75 Å². The molecule has 2 N–H and O–H groups in total. The van der Waals surface area contributed by atoms with E-state index in [2.05, 4.69) is 43.5 Å². The van der Waals surface area contributed by atoms with Gasteiger partial charge in [0.2, 0.25) is 5.91 Å². The number of carbonyl (C=O) groups is 1. The van der Waals surface area contributed by atoms with Crippen molar-refractivity contribution >= 4 is 17.7 Å². The Morgan fingerprint density at radius 2 is 2.00 bits per heavy atom. The molecule has 19 heavy (non-hydrogen) atoms. The molecule has 1 amide bonds. The number of piperidine rings is 1. The second-order valence-electron chi connectivity index (χ2n) is 6.44. The Labute approximate surface area is 122 Å². The van der Waals surface area contributed by atoms with Crippen LogP contribution in [0.5, 0.6) is 0 Å². The van der Waals surface area contributed by atoms with Crippen LogP contribution < -0.4 is 10.6 Å². The maximum atomic E-state index is 11.9. The topological polar surface area (TPSA) is 44.4 Å². The quantitative estimate of drug-likeness (QED) is 0.738. The number of carbonyl (C=O) groups excluding carboxylic acids is 1. The molecule has 1 rings (SSSR count). The van der Waals surface area contributed by atoms with Crippen LogP contribution in [-0.2, 0) is 4.79 Å². The zero-order valence-electron chi connectivity index (χ0n) is 12.8. The summed E-state index contributed by atoms with van der Waals surface area (Å²) in [6, 6.07) is 0. The Morgan fingerprint density at radius 1 is 1.37 bits per heavy atom. The van der Waals surface area contributed by atoms with Gasteiger partial charge in [0, 0.05) is 18.3 Å². The third-order valence-electron chi connectivity index (χ3n) is 3.24. The smallest absolute Gasteiger partial charge is 0.230 e. The van der Waals surface area contributed by atoms with Gasteiger partial charge in [-0.3, -0.25) is 4.79 Å². The molecule has 0 aromatic rings. The van der Waals surface area contributed by atoms with E-state index in [1.807, 2.05) is 11.8 Å². The molecule has 1 fully saturated rings. The number of hydrogen-bond acceptors (Lipinski definition) is 4. The second kappa shape index (κ2) is 8.12. The Balaban J connectivity index is 2.16. The third-order valence-corrected chi connectivity index (χ3v) is 4.62.